The van der Waals surface area contributed by atoms with Gasteiger partial charge in [0.1, 0.15) is 5.82 Å². The molecule has 1 aliphatic rings. The first-order valence-corrected chi connectivity index (χ1v) is 11.9. The number of anilines is 2. The predicted molar refractivity (Wildman–Crippen MR) is 123 cm³/mol. The first-order chi connectivity index (χ1) is 15.1. The van der Waals surface area contributed by atoms with Crippen LogP contribution in [0.4, 0.5) is 11.8 Å². The van der Waals surface area contributed by atoms with Crippen molar-refractivity contribution < 1.29 is 8.42 Å². The molecule has 7 heteroatoms. The highest BCUT2D eigenvalue weighted by molar-refractivity contribution is 7.91. The fourth-order valence-corrected chi connectivity index (χ4v) is 5.35. The molecule has 0 bridgehead atoms. The van der Waals surface area contributed by atoms with Gasteiger partial charge in [0.25, 0.3) is 0 Å². The van der Waals surface area contributed by atoms with Crippen LogP contribution in [0, 0.1) is 0 Å². The maximum Gasteiger partial charge on any atom is 0.228 e. The Hall–Kier alpha value is -3.45. The Morgan fingerprint density at radius 2 is 1.61 bits per heavy atom. The summed E-state index contributed by atoms with van der Waals surface area (Å²) >= 11 is 0. The van der Waals surface area contributed by atoms with Crippen LogP contribution in [0.25, 0.3) is 10.9 Å². The van der Waals surface area contributed by atoms with Crippen molar-refractivity contribution in [3.05, 3.63) is 90.0 Å². The molecular weight excluding hydrogens is 408 g/mol. The molecule has 0 saturated heterocycles. The van der Waals surface area contributed by atoms with Crippen LogP contribution in [-0.4, -0.2) is 30.7 Å². The van der Waals surface area contributed by atoms with Crippen LogP contribution in [0.5, 0.6) is 0 Å². The topological polar surface area (TPSA) is 75.2 Å². The van der Waals surface area contributed by atoms with E-state index in [1.54, 1.807) is 12.1 Å². The third-order valence-electron chi connectivity index (χ3n) is 5.48. The van der Waals surface area contributed by atoms with E-state index in [4.69, 9.17) is 9.97 Å². The Labute approximate surface area is 181 Å². The van der Waals surface area contributed by atoms with E-state index >= 15 is 0 Å². The summed E-state index contributed by atoms with van der Waals surface area (Å²) in [5.41, 5.74) is 2.75. The molecule has 1 aliphatic heterocycles. The van der Waals surface area contributed by atoms with Gasteiger partial charge in [0.15, 0.2) is 9.84 Å². The monoisotopic (exact) mass is 430 g/mol. The highest BCUT2D eigenvalue weighted by atomic mass is 32.2. The van der Waals surface area contributed by atoms with E-state index in [0.29, 0.717) is 30.5 Å². The molecule has 0 unspecified atom stereocenters. The van der Waals surface area contributed by atoms with Gasteiger partial charge in [-0.2, -0.15) is 4.98 Å². The summed E-state index contributed by atoms with van der Waals surface area (Å²) in [7, 11) is -3.33. The van der Waals surface area contributed by atoms with Gasteiger partial charge < -0.3 is 10.2 Å². The molecule has 31 heavy (non-hydrogen) atoms. The molecule has 4 aromatic rings. The molecule has 6 nitrogen and oxygen atoms in total. The first-order valence-electron chi connectivity index (χ1n) is 10.2. The van der Waals surface area contributed by atoms with Gasteiger partial charge >= 0.3 is 0 Å². The molecule has 0 spiro atoms. The van der Waals surface area contributed by atoms with Crippen LogP contribution in [-0.2, 0) is 22.9 Å². The Bertz CT molecular complexity index is 1340. The van der Waals surface area contributed by atoms with Crippen LogP contribution in [0.1, 0.15) is 11.1 Å². The third-order valence-corrected chi connectivity index (χ3v) is 7.26. The van der Waals surface area contributed by atoms with Crippen molar-refractivity contribution in [2.45, 2.75) is 18.0 Å². The summed E-state index contributed by atoms with van der Waals surface area (Å²) in [6.45, 7) is 1.43. The van der Waals surface area contributed by atoms with E-state index in [0.717, 1.165) is 27.8 Å². The average Bonchev–Trinajstić information content (AvgIpc) is 2.94. The largest absolute Gasteiger partial charge is 0.365 e. The molecule has 1 aromatic heterocycles. The number of hydrogen-bond acceptors (Lipinski definition) is 6. The minimum atomic E-state index is -3.33. The molecule has 0 atom stereocenters. The maximum absolute atomic E-state index is 12.7. The van der Waals surface area contributed by atoms with Crippen LogP contribution in [0.15, 0.2) is 83.8 Å². The maximum atomic E-state index is 12.7. The molecule has 0 radical (unpaired) electrons. The van der Waals surface area contributed by atoms with Gasteiger partial charge in [0, 0.05) is 25.0 Å². The third kappa shape index (κ3) is 3.96. The molecule has 0 aliphatic carbocycles. The lowest BCUT2D eigenvalue weighted by atomic mass is 10.2. The second kappa shape index (κ2) is 8.00. The number of aromatic nitrogens is 2. The Kier molecular flexibility index (Phi) is 5.03. The van der Waals surface area contributed by atoms with Crippen molar-refractivity contribution >= 4 is 32.5 Å². The molecule has 3 aromatic carbocycles. The van der Waals surface area contributed by atoms with Crippen molar-refractivity contribution in [1.82, 2.24) is 9.97 Å². The second-order valence-electron chi connectivity index (χ2n) is 7.58. The SMILES string of the molecule is O=S1(=O)CCN(c2nc(NCc3ccccc3)c3ccccc3n2)Cc2ccccc21. The van der Waals surface area contributed by atoms with Crippen molar-refractivity contribution in [2.75, 3.05) is 22.5 Å². The Balaban J connectivity index is 1.53. The van der Waals surface area contributed by atoms with Crippen molar-refractivity contribution in [2.24, 2.45) is 0 Å². The summed E-state index contributed by atoms with van der Waals surface area (Å²) in [4.78, 5) is 11.9. The van der Waals surface area contributed by atoms with Gasteiger partial charge in [-0.05, 0) is 29.3 Å². The lowest BCUT2D eigenvalue weighted by Crippen LogP contribution is -2.27. The standard InChI is InChI=1S/C24H22N4O2S/c29-31(30)15-14-28(17-19-10-4-7-13-22(19)31)24-26-21-12-6-5-11-20(21)23(27-24)25-16-18-8-2-1-3-9-18/h1-13H,14-17H2,(H,25,26,27). The molecule has 5 rings (SSSR count). The molecule has 0 amide bonds. The molecule has 2 heterocycles. The number of fused-ring (bicyclic) bond motifs is 2. The highest BCUT2D eigenvalue weighted by Crippen LogP contribution is 2.28. The molecule has 1 N–H and O–H groups in total. The van der Waals surface area contributed by atoms with Crippen LogP contribution < -0.4 is 10.2 Å². The zero-order valence-corrected chi connectivity index (χ0v) is 17.7. The minimum absolute atomic E-state index is 0.0347. The zero-order chi connectivity index (χ0) is 21.3. The van der Waals surface area contributed by atoms with E-state index in [2.05, 4.69) is 17.4 Å². The highest BCUT2D eigenvalue weighted by Gasteiger charge is 2.26. The van der Waals surface area contributed by atoms with Crippen molar-refractivity contribution in [3.63, 3.8) is 0 Å². The number of sulfone groups is 1. The summed E-state index contributed by atoms with van der Waals surface area (Å²) in [6, 6.07) is 25.2. The Morgan fingerprint density at radius 3 is 2.48 bits per heavy atom. The van der Waals surface area contributed by atoms with Crippen molar-refractivity contribution in [3.8, 4) is 0 Å². The number of nitrogens with zero attached hydrogens (tertiary/aromatic N) is 3. The van der Waals surface area contributed by atoms with Crippen LogP contribution in [0.3, 0.4) is 0 Å². The van der Waals surface area contributed by atoms with E-state index in [-0.39, 0.29) is 5.75 Å². The molecule has 0 fully saturated rings. The number of nitrogens with one attached hydrogen (secondary N) is 1. The van der Waals surface area contributed by atoms with Crippen LogP contribution in [0.2, 0.25) is 0 Å². The summed E-state index contributed by atoms with van der Waals surface area (Å²) in [5, 5.41) is 4.37. The zero-order valence-electron chi connectivity index (χ0n) is 16.9. The first kappa shape index (κ1) is 19.5. The van der Waals surface area contributed by atoms with Gasteiger partial charge in [-0.1, -0.05) is 60.7 Å². The molecule has 156 valence electrons. The fraction of sp³-hybridized carbons (Fsp3) is 0.167. The number of para-hydroxylation sites is 1. The quantitative estimate of drug-likeness (QED) is 0.527. The number of rotatable bonds is 4. The van der Waals surface area contributed by atoms with E-state index < -0.39 is 9.84 Å². The van der Waals surface area contributed by atoms with Gasteiger partial charge in [-0.25, -0.2) is 13.4 Å². The van der Waals surface area contributed by atoms with Gasteiger partial charge in [0.2, 0.25) is 5.95 Å². The second-order valence-corrected chi connectivity index (χ2v) is 9.65. The van der Waals surface area contributed by atoms with Crippen molar-refractivity contribution in [1.29, 1.82) is 0 Å². The predicted octanol–water partition coefficient (Wildman–Crippen LogP) is 4.04. The normalized spacial score (nSPS) is 15.3. The number of benzene rings is 3. The van der Waals surface area contributed by atoms with Gasteiger partial charge in [-0.3, -0.25) is 0 Å². The smallest absolute Gasteiger partial charge is 0.228 e. The van der Waals surface area contributed by atoms with Crippen LogP contribution >= 0.6 is 0 Å². The van der Waals surface area contributed by atoms with Gasteiger partial charge in [-0.15, -0.1) is 0 Å². The summed E-state index contributed by atoms with van der Waals surface area (Å²) in [6.07, 6.45) is 0. The lowest BCUT2D eigenvalue weighted by molar-refractivity contribution is 0.596. The number of hydrogen-bond donors (Lipinski definition) is 1. The average molecular weight is 431 g/mol. The van der Waals surface area contributed by atoms with E-state index in [1.807, 2.05) is 59.5 Å². The summed E-state index contributed by atoms with van der Waals surface area (Å²) in [5.74, 6) is 1.30. The molecule has 0 saturated carbocycles. The van der Waals surface area contributed by atoms with Gasteiger partial charge in [0.05, 0.1) is 16.2 Å². The lowest BCUT2D eigenvalue weighted by Gasteiger charge is -2.22. The summed E-state index contributed by atoms with van der Waals surface area (Å²) < 4.78 is 25.5. The minimum Gasteiger partial charge on any atom is -0.365 e. The Morgan fingerprint density at radius 1 is 0.871 bits per heavy atom. The van der Waals surface area contributed by atoms with E-state index in [1.165, 1.54) is 0 Å². The fourth-order valence-electron chi connectivity index (χ4n) is 3.86. The molecular formula is C24H22N4O2S. The van der Waals surface area contributed by atoms with E-state index in [9.17, 15) is 8.42 Å².